The van der Waals surface area contributed by atoms with Crippen LogP contribution in [0.1, 0.15) is 48.0 Å². The molecular formula is C19H38O6Si2. The lowest BCUT2D eigenvalue weighted by molar-refractivity contribution is -0.147. The van der Waals surface area contributed by atoms with E-state index in [9.17, 15) is 15.0 Å². The number of hydrogen-bond donors (Lipinski definition) is 2. The van der Waals surface area contributed by atoms with Crippen molar-refractivity contribution in [2.75, 3.05) is 0 Å². The molecule has 2 rings (SSSR count). The molecule has 0 radical (unpaired) electrons. The highest BCUT2D eigenvalue weighted by atomic mass is 28.4. The van der Waals surface area contributed by atoms with Gasteiger partial charge < -0.3 is 23.8 Å². The minimum atomic E-state index is -2.22. The van der Waals surface area contributed by atoms with Gasteiger partial charge in [0.05, 0.1) is 6.10 Å². The van der Waals surface area contributed by atoms with Crippen LogP contribution in [0.5, 0.6) is 0 Å². The Bertz CT molecular complexity index is 592. The number of epoxide rings is 1. The molecular weight excluding hydrogens is 380 g/mol. The summed E-state index contributed by atoms with van der Waals surface area (Å²) in [4.78, 5) is 11.9. The second-order valence-electron chi connectivity index (χ2n) is 11.2. The van der Waals surface area contributed by atoms with Crippen LogP contribution in [-0.2, 0) is 18.4 Å². The van der Waals surface area contributed by atoms with Crippen LogP contribution in [0.25, 0.3) is 0 Å². The molecule has 2 N–H and O–H groups in total. The van der Waals surface area contributed by atoms with E-state index in [4.69, 9.17) is 13.6 Å². The molecule has 158 valence electrons. The van der Waals surface area contributed by atoms with E-state index in [0.717, 1.165) is 0 Å². The van der Waals surface area contributed by atoms with Gasteiger partial charge in [0, 0.05) is 6.42 Å². The van der Waals surface area contributed by atoms with Crippen LogP contribution in [0.2, 0.25) is 36.3 Å². The van der Waals surface area contributed by atoms with Gasteiger partial charge in [0.2, 0.25) is 0 Å². The monoisotopic (exact) mass is 418 g/mol. The zero-order valence-corrected chi connectivity index (χ0v) is 20.5. The van der Waals surface area contributed by atoms with Crippen molar-refractivity contribution in [2.45, 2.75) is 114 Å². The zero-order chi connectivity index (χ0) is 21.2. The highest BCUT2D eigenvalue weighted by Gasteiger charge is 2.73. The smallest absolute Gasteiger partial charge is 0.338 e. The van der Waals surface area contributed by atoms with E-state index in [1.807, 2.05) is 0 Å². The summed E-state index contributed by atoms with van der Waals surface area (Å²) >= 11 is 0. The Morgan fingerprint density at radius 3 is 1.85 bits per heavy atom. The zero-order valence-electron chi connectivity index (χ0n) is 18.5. The third-order valence-electron chi connectivity index (χ3n) is 7.11. The maximum atomic E-state index is 11.9. The van der Waals surface area contributed by atoms with Gasteiger partial charge in [-0.2, -0.15) is 0 Å². The van der Waals surface area contributed by atoms with Crippen molar-refractivity contribution in [1.82, 2.24) is 0 Å². The van der Waals surface area contributed by atoms with Crippen LogP contribution in [0.3, 0.4) is 0 Å². The molecule has 8 heteroatoms. The van der Waals surface area contributed by atoms with Gasteiger partial charge in [-0.25, -0.2) is 4.79 Å². The van der Waals surface area contributed by atoms with Crippen molar-refractivity contribution in [3.05, 3.63) is 0 Å². The van der Waals surface area contributed by atoms with E-state index in [0.29, 0.717) is 0 Å². The van der Waals surface area contributed by atoms with Crippen LogP contribution >= 0.6 is 0 Å². The van der Waals surface area contributed by atoms with Gasteiger partial charge >= 0.3 is 5.97 Å². The van der Waals surface area contributed by atoms with Crippen molar-refractivity contribution in [1.29, 1.82) is 0 Å². The Hall–Kier alpha value is -0.256. The summed E-state index contributed by atoms with van der Waals surface area (Å²) in [6.45, 7) is 21.2. The molecule has 27 heavy (non-hydrogen) atoms. The molecule has 2 fully saturated rings. The second kappa shape index (κ2) is 6.63. The van der Waals surface area contributed by atoms with E-state index in [1.165, 1.54) is 0 Å². The minimum absolute atomic E-state index is 0.0415. The Morgan fingerprint density at radius 2 is 1.44 bits per heavy atom. The summed E-state index contributed by atoms with van der Waals surface area (Å²) in [6, 6.07) is 0. The molecule has 1 aliphatic heterocycles. The summed E-state index contributed by atoms with van der Waals surface area (Å²) in [5.74, 6) is -0.993. The highest BCUT2D eigenvalue weighted by molar-refractivity contribution is 6.74. The van der Waals surface area contributed by atoms with Crippen LogP contribution < -0.4 is 0 Å². The van der Waals surface area contributed by atoms with Gasteiger partial charge in [0.1, 0.15) is 18.3 Å². The van der Waals surface area contributed by atoms with E-state index >= 15 is 0 Å². The molecule has 6 nitrogen and oxygen atoms in total. The van der Waals surface area contributed by atoms with Gasteiger partial charge in [-0.15, -0.1) is 0 Å². The summed E-state index contributed by atoms with van der Waals surface area (Å²) in [7, 11) is -4.41. The molecule has 1 aliphatic carbocycles. The lowest BCUT2D eigenvalue weighted by atomic mass is 9.83. The normalized spacial score (nSPS) is 34.9. The third-order valence-corrected chi connectivity index (χ3v) is 16.1. The molecule has 0 amide bonds. The number of hydrogen-bond acceptors (Lipinski definition) is 5. The lowest BCUT2D eigenvalue weighted by Crippen LogP contribution is -2.60. The molecule has 0 unspecified atom stereocenters. The third kappa shape index (κ3) is 4.07. The van der Waals surface area contributed by atoms with Gasteiger partial charge in [0.25, 0.3) is 0 Å². The highest BCUT2D eigenvalue weighted by Crippen LogP contribution is 2.53. The maximum Gasteiger partial charge on any atom is 0.338 e. The SMILES string of the molecule is CC(C)(C)[Si](C)(C)O[C@H]1[C@@H](O)[C@H](O[Si](C)(C)C(C)(C)C)C[C@@]2(C(=O)O)O[C@@H]12. The van der Waals surface area contributed by atoms with E-state index in [-0.39, 0.29) is 16.5 Å². The predicted molar refractivity (Wildman–Crippen MR) is 110 cm³/mol. The minimum Gasteiger partial charge on any atom is -0.479 e. The van der Waals surface area contributed by atoms with Crippen molar-refractivity contribution < 1.29 is 28.6 Å². The summed E-state index contributed by atoms with van der Waals surface area (Å²) < 4.78 is 18.6. The summed E-state index contributed by atoms with van der Waals surface area (Å²) in [5.41, 5.74) is -1.29. The van der Waals surface area contributed by atoms with Gasteiger partial charge in [-0.3, -0.25) is 0 Å². The number of aliphatic carboxylic acids is 1. The number of fused-ring (bicyclic) bond motifs is 1. The molecule has 0 spiro atoms. The fraction of sp³-hybridized carbons (Fsp3) is 0.947. The number of carboxylic acid groups (broad SMARTS) is 1. The largest absolute Gasteiger partial charge is 0.479 e. The standard InChI is InChI=1S/C19H38O6Si2/c1-17(2,3)26(7,8)24-12-11-19(16(21)22)15(23-19)14(13(12)20)25-27(9,10)18(4,5)6/h12-15,20H,11H2,1-10H3,(H,21,22)/t12-,13+,14+,15+,19-/m1/s1. The second-order valence-corrected chi connectivity index (χ2v) is 20.7. The molecule has 5 atom stereocenters. The van der Waals surface area contributed by atoms with Crippen molar-refractivity contribution >= 4 is 22.6 Å². The first-order chi connectivity index (χ1) is 11.9. The average molecular weight is 419 g/mol. The molecule has 1 saturated heterocycles. The van der Waals surface area contributed by atoms with Gasteiger partial charge in [0.15, 0.2) is 22.2 Å². The number of carbonyl (C=O) groups is 1. The number of aliphatic hydroxyl groups is 1. The number of ether oxygens (including phenoxy) is 1. The molecule has 0 aromatic rings. The number of carboxylic acids is 1. The van der Waals surface area contributed by atoms with E-state index in [1.54, 1.807) is 0 Å². The summed E-state index contributed by atoms with van der Waals surface area (Å²) in [6.07, 6.45) is -2.62. The Kier molecular flexibility index (Phi) is 5.66. The first-order valence-electron chi connectivity index (χ1n) is 9.81. The van der Waals surface area contributed by atoms with Crippen LogP contribution in [0.15, 0.2) is 0 Å². The molecule has 0 aromatic heterocycles. The van der Waals surface area contributed by atoms with Crippen LogP contribution in [0, 0.1) is 0 Å². The number of aliphatic hydroxyl groups excluding tert-OH is 1. The van der Waals surface area contributed by atoms with Crippen molar-refractivity contribution in [2.24, 2.45) is 0 Å². The quantitative estimate of drug-likeness (QED) is 0.522. The molecule has 0 bridgehead atoms. The van der Waals surface area contributed by atoms with Gasteiger partial charge in [-0.1, -0.05) is 41.5 Å². The fourth-order valence-corrected chi connectivity index (χ4v) is 5.70. The topological polar surface area (TPSA) is 88.5 Å². The Labute approximate surface area is 165 Å². The Balaban J connectivity index is 2.32. The average Bonchev–Trinajstić information content (AvgIpc) is 3.16. The first kappa shape index (κ1) is 23.0. The predicted octanol–water partition coefficient (Wildman–Crippen LogP) is 3.75. The molecule has 1 heterocycles. The van der Waals surface area contributed by atoms with Crippen LogP contribution in [0.4, 0.5) is 0 Å². The maximum absolute atomic E-state index is 11.9. The molecule has 2 aliphatic rings. The first-order valence-corrected chi connectivity index (χ1v) is 15.6. The summed E-state index contributed by atoms with van der Waals surface area (Å²) in [5, 5.41) is 20.8. The lowest BCUT2D eigenvalue weighted by Gasteiger charge is -2.46. The van der Waals surface area contributed by atoms with Crippen molar-refractivity contribution in [3.8, 4) is 0 Å². The van der Waals surface area contributed by atoms with E-state index < -0.39 is 52.6 Å². The van der Waals surface area contributed by atoms with Gasteiger partial charge in [-0.05, 0) is 36.3 Å². The Morgan fingerprint density at radius 1 is 1.00 bits per heavy atom. The van der Waals surface area contributed by atoms with Crippen molar-refractivity contribution in [3.63, 3.8) is 0 Å². The van der Waals surface area contributed by atoms with E-state index in [2.05, 4.69) is 67.7 Å². The fourth-order valence-electron chi connectivity index (χ4n) is 3.07. The van der Waals surface area contributed by atoms with Crippen LogP contribution in [-0.4, -0.2) is 62.8 Å². The molecule has 0 aromatic carbocycles. The molecule has 1 saturated carbocycles. The number of rotatable bonds is 5.